The molecule has 0 spiro atoms. The van der Waals surface area contributed by atoms with Crippen molar-refractivity contribution in [3.8, 4) is 0 Å². The van der Waals surface area contributed by atoms with E-state index in [1.165, 1.54) is 64.2 Å². The van der Waals surface area contributed by atoms with Crippen molar-refractivity contribution in [1.29, 1.82) is 0 Å². The van der Waals surface area contributed by atoms with Crippen LogP contribution in [0.5, 0.6) is 0 Å². The van der Waals surface area contributed by atoms with Crippen molar-refractivity contribution in [1.82, 2.24) is 0 Å². The van der Waals surface area contributed by atoms with Crippen LogP contribution in [0.2, 0.25) is 0 Å². The standard InChI is InChI=1S/C63H102O6/c1-4-7-10-13-16-19-22-25-27-29-31-33-35-38-40-43-46-49-52-55-61(64)67-58-60(69-63(66)57-54-51-48-45-42-37-24-21-18-15-12-9-6-3)59-68-62(65)56-53-50-47-44-41-39-36-34-32-30-28-26-23-20-17-14-11-8-5-2/h7,10,16-17,19-21,24-28,31-34,38-41,60H,4-6,8-9,11-15,18,22-23,29-30,35-37,42-59H2,1-3H3/b10-7-,19-16-,20-17-,24-21-,27-25-,28-26-,33-31-,34-32-,40-38-,41-39-/t60-/m1/s1. The third-order valence-corrected chi connectivity index (χ3v) is 11.4. The molecule has 0 rings (SSSR count). The van der Waals surface area contributed by atoms with E-state index in [0.717, 1.165) is 135 Å². The van der Waals surface area contributed by atoms with E-state index in [4.69, 9.17) is 14.2 Å². The molecular formula is C63H102O6. The fourth-order valence-corrected chi connectivity index (χ4v) is 7.21. The number of carbonyl (C=O) groups excluding carboxylic acids is 3. The van der Waals surface area contributed by atoms with Gasteiger partial charge >= 0.3 is 17.9 Å². The van der Waals surface area contributed by atoms with Crippen LogP contribution in [0.4, 0.5) is 0 Å². The fourth-order valence-electron chi connectivity index (χ4n) is 7.21. The van der Waals surface area contributed by atoms with E-state index in [-0.39, 0.29) is 31.1 Å². The molecule has 0 saturated carbocycles. The van der Waals surface area contributed by atoms with Gasteiger partial charge in [0.05, 0.1) is 0 Å². The summed E-state index contributed by atoms with van der Waals surface area (Å²) in [5.74, 6) is -0.985. The van der Waals surface area contributed by atoms with Crippen molar-refractivity contribution in [2.75, 3.05) is 13.2 Å². The van der Waals surface area contributed by atoms with Crippen LogP contribution in [-0.2, 0) is 28.6 Å². The average molecular weight is 956 g/mol. The minimum absolute atomic E-state index is 0.112. The molecule has 0 heterocycles. The van der Waals surface area contributed by atoms with Crippen LogP contribution >= 0.6 is 0 Å². The molecule has 0 fully saturated rings. The predicted octanol–water partition coefficient (Wildman–Crippen LogP) is 18.9. The smallest absolute Gasteiger partial charge is 0.306 e. The van der Waals surface area contributed by atoms with Gasteiger partial charge in [-0.1, -0.05) is 206 Å². The lowest BCUT2D eigenvalue weighted by Gasteiger charge is -2.18. The molecule has 6 heteroatoms. The molecular weight excluding hydrogens is 853 g/mol. The highest BCUT2D eigenvalue weighted by Gasteiger charge is 2.19. The second kappa shape index (κ2) is 56.4. The summed E-state index contributed by atoms with van der Waals surface area (Å²) in [5, 5.41) is 0. The van der Waals surface area contributed by atoms with Crippen molar-refractivity contribution >= 4 is 17.9 Å². The largest absolute Gasteiger partial charge is 0.462 e. The van der Waals surface area contributed by atoms with Crippen LogP contribution in [0.25, 0.3) is 0 Å². The summed E-state index contributed by atoms with van der Waals surface area (Å²) in [6.45, 7) is 6.41. The lowest BCUT2D eigenvalue weighted by atomic mass is 10.1. The minimum atomic E-state index is -0.813. The molecule has 0 bridgehead atoms. The number of ether oxygens (including phenoxy) is 3. The summed E-state index contributed by atoms with van der Waals surface area (Å²) in [6, 6.07) is 0. The van der Waals surface area contributed by atoms with Gasteiger partial charge in [0, 0.05) is 19.3 Å². The zero-order valence-electron chi connectivity index (χ0n) is 44.5. The van der Waals surface area contributed by atoms with Gasteiger partial charge in [0.15, 0.2) is 6.10 Å². The van der Waals surface area contributed by atoms with Gasteiger partial charge in [-0.3, -0.25) is 14.4 Å². The van der Waals surface area contributed by atoms with E-state index in [0.29, 0.717) is 19.3 Å². The zero-order valence-corrected chi connectivity index (χ0v) is 44.5. The number of carbonyl (C=O) groups is 3. The quantitative estimate of drug-likeness (QED) is 0.0262. The third-order valence-electron chi connectivity index (χ3n) is 11.4. The summed E-state index contributed by atoms with van der Waals surface area (Å²) in [7, 11) is 0. The Hall–Kier alpha value is -4.19. The van der Waals surface area contributed by atoms with Crippen molar-refractivity contribution in [3.05, 3.63) is 122 Å². The molecule has 390 valence electrons. The molecule has 0 aliphatic rings. The lowest BCUT2D eigenvalue weighted by Crippen LogP contribution is -2.30. The Morgan fingerprint density at radius 1 is 0.304 bits per heavy atom. The second-order valence-corrected chi connectivity index (χ2v) is 18.1. The molecule has 0 aliphatic heterocycles. The van der Waals surface area contributed by atoms with Gasteiger partial charge in [0.2, 0.25) is 0 Å². The third kappa shape index (κ3) is 54.6. The number of allylic oxidation sites excluding steroid dienone is 20. The maximum Gasteiger partial charge on any atom is 0.306 e. The Bertz CT molecular complexity index is 1470. The fraction of sp³-hybridized carbons (Fsp3) is 0.635. The first-order valence-electron chi connectivity index (χ1n) is 28.0. The summed E-state index contributed by atoms with van der Waals surface area (Å²) >= 11 is 0. The topological polar surface area (TPSA) is 78.9 Å². The monoisotopic (exact) mass is 955 g/mol. The molecule has 0 amide bonds. The van der Waals surface area contributed by atoms with E-state index < -0.39 is 6.10 Å². The van der Waals surface area contributed by atoms with Crippen molar-refractivity contribution in [3.63, 3.8) is 0 Å². The van der Waals surface area contributed by atoms with Gasteiger partial charge in [-0.25, -0.2) is 0 Å². The Kier molecular flexibility index (Phi) is 53.0. The highest BCUT2D eigenvalue weighted by Crippen LogP contribution is 2.13. The second-order valence-electron chi connectivity index (χ2n) is 18.1. The normalized spacial score (nSPS) is 13.0. The van der Waals surface area contributed by atoms with E-state index >= 15 is 0 Å². The molecule has 0 saturated heterocycles. The van der Waals surface area contributed by atoms with Crippen molar-refractivity contribution in [2.24, 2.45) is 0 Å². The molecule has 0 aromatic heterocycles. The predicted molar refractivity (Wildman–Crippen MR) is 297 cm³/mol. The molecule has 0 N–H and O–H groups in total. The summed E-state index contributed by atoms with van der Waals surface area (Å²) in [4.78, 5) is 38.1. The maximum absolute atomic E-state index is 12.8. The van der Waals surface area contributed by atoms with E-state index in [1.807, 2.05) is 0 Å². The number of unbranched alkanes of at least 4 members (excludes halogenated alkanes) is 18. The first kappa shape index (κ1) is 64.8. The molecule has 0 unspecified atom stereocenters. The first-order valence-corrected chi connectivity index (χ1v) is 28.0. The van der Waals surface area contributed by atoms with Gasteiger partial charge in [0.25, 0.3) is 0 Å². The Labute approximate surface area is 424 Å². The van der Waals surface area contributed by atoms with Crippen molar-refractivity contribution in [2.45, 2.75) is 245 Å². The van der Waals surface area contributed by atoms with Gasteiger partial charge in [-0.2, -0.15) is 0 Å². The Balaban J connectivity index is 4.51. The van der Waals surface area contributed by atoms with Gasteiger partial charge in [-0.15, -0.1) is 0 Å². The van der Waals surface area contributed by atoms with Crippen LogP contribution in [0.1, 0.15) is 239 Å². The van der Waals surface area contributed by atoms with Crippen LogP contribution in [0, 0.1) is 0 Å². The van der Waals surface area contributed by atoms with Crippen molar-refractivity contribution < 1.29 is 28.6 Å². The average Bonchev–Trinajstić information content (AvgIpc) is 3.35. The Morgan fingerprint density at radius 2 is 0.565 bits per heavy atom. The van der Waals surface area contributed by atoms with Gasteiger partial charge in [0.1, 0.15) is 13.2 Å². The van der Waals surface area contributed by atoms with Crippen LogP contribution < -0.4 is 0 Å². The number of hydrogen-bond acceptors (Lipinski definition) is 6. The Morgan fingerprint density at radius 3 is 0.942 bits per heavy atom. The number of esters is 3. The molecule has 69 heavy (non-hydrogen) atoms. The van der Waals surface area contributed by atoms with E-state index in [9.17, 15) is 14.4 Å². The van der Waals surface area contributed by atoms with Crippen LogP contribution in [0.3, 0.4) is 0 Å². The minimum Gasteiger partial charge on any atom is -0.462 e. The first-order chi connectivity index (χ1) is 34.0. The van der Waals surface area contributed by atoms with Gasteiger partial charge < -0.3 is 14.2 Å². The molecule has 0 aliphatic carbocycles. The maximum atomic E-state index is 12.8. The van der Waals surface area contributed by atoms with E-state index in [1.54, 1.807) is 0 Å². The SMILES string of the molecule is CC/C=C\C/C=C\C/C=C\C/C=C\C/C=C\CCCCCC(=O)OC[C@H](COC(=O)CCCCC/C=C\C/C=C\C/C=C\C/C=C\CCCCC)OC(=O)CCCCCCC/C=C\CCCCCC. The highest BCUT2D eigenvalue weighted by molar-refractivity contribution is 5.71. The van der Waals surface area contributed by atoms with E-state index in [2.05, 4.69) is 142 Å². The molecule has 0 radical (unpaired) electrons. The molecule has 0 aromatic carbocycles. The molecule has 0 aromatic rings. The lowest BCUT2D eigenvalue weighted by molar-refractivity contribution is -0.167. The van der Waals surface area contributed by atoms with Crippen LogP contribution in [-0.4, -0.2) is 37.2 Å². The number of rotatable bonds is 49. The molecule has 1 atom stereocenters. The van der Waals surface area contributed by atoms with Gasteiger partial charge in [-0.05, 0) is 135 Å². The summed E-state index contributed by atoms with van der Waals surface area (Å²) < 4.78 is 16.8. The number of hydrogen-bond donors (Lipinski definition) is 0. The summed E-state index contributed by atoms with van der Waals surface area (Å²) in [6.07, 6.45) is 77.5. The van der Waals surface area contributed by atoms with Crippen LogP contribution in [0.15, 0.2) is 122 Å². The molecule has 6 nitrogen and oxygen atoms in total. The summed E-state index contributed by atoms with van der Waals surface area (Å²) in [5.41, 5.74) is 0. The highest BCUT2D eigenvalue weighted by atomic mass is 16.6. The zero-order chi connectivity index (χ0) is 50.0.